The van der Waals surface area contributed by atoms with Crippen molar-refractivity contribution in [2.45, 2.75) is 25.0 Å². The molecule has 0 aliphatic carbocycles. The van der Waals surface area contributed by atoms with E-state index >= 15 is 0 Å². The zero-order chi connectivity index (χ0) is 19.5. The number of likely N-dealkylation sites (tertiary alicyclic amines) is 1. The molecule has 0 bridgehead atoms. The lowest BCUT2D eigenvalue weighted by molar-refractivity contribution is 0.0614. The molecule has 6 heteroatoms. The number of H-pyrrole nitrogens is 1. The predicted octanol–water partition coefficient (Wildman–Crippen LogP) is 3.89. The first-order chi connectivity index (χ1) is 13.6. The van der Waals surface area contributed by atoms with Gasteiger partial charge in [-0.25, -0.2) is 4.39 Å². The standard InChI is InChI=1S/C22H25FN2O3/c1-27-17-5-6-21-19(12-17)20(13-24-21)22(26)14-25-9-7-16(8-10-25)28-18-4-2-3-15(23)11-18/h2-6,11-13,16,22,24,26H,7-10,14H2,1H3. The average molecular weight is 384 g/mol. The molecule has 28 heavy (non-hydrogen) atoms. The van der Waals surface area contributed by atoms with Crippen LogP contribution in [0.3, 0.4) is 0 Å². The number of benzene rings is 2. The summed E-state index contributed by atoms with van der Waals surface area (Å²) in [5.41, 5.74) is 1.86. The molecule has 2 aromatic carbocycles. The van der Waals surface area contributed by atoms with E-state index in [1.165, 1.54) is 12.1 Å². The van der Waals surface area contributed by atoms with Gasteiger partial charge in [-0.05, 0) is 43.2 Å². The zero-order valence-corrected chi connectivity index (χ0v) is 15.9. The van der Waals surface area contributed by atoms with Gasteiger partial charge < -0.3 is 24.5 Å². The van der Waals surface area contributed by atoms with Crippen molar-refractivity contribution in [3.05, 3.63) is 60.0 Å². The van der Waals surface area contributed by atoms with Gasteiger partial charge in [0.25, 0.3) is 0 Å². The maximum Gasteiger partial charge on any atom is 0.126 e. The van der Waals surface area contributed by atoms with Gasteiger partial charge >= 0.3 is 0 Å². The van der Waals surface area contributed by atoms with Crippen LogP contribution >= 0.6 is 0 Å². The summed E-state index contributed by atoms with van der Waals surface area (Å²) in [5.74, 6) is 1.07. The van der Waals surface area contributed by atoms with E-state index in [-0.39, 0.29) is 11.9 Å². The Morgan fingerprint density at radius 3 is 2.75 bits per heavy atom. The number of piperidine rings is 1. The molecule has 1 aliphatic rings. The average Bonchev–Trinajstić information content (AvgIpc) is 3.13. The topological polar surface area (TPSA) is 57.7 Å². The fourth-order valence-corrected chi connectivity index (χ4v) is 3.81. The van der Waals surface area contributed by atoms with Crippen molar-refractivity contribution >= 4 is 10.9 Å². The minimum Gasteiger partial charge on any atom is -0.497 e. The molecule has 0 radical (unpaired) electrons. The number of halogens is 1. The summed E-state index contributed by atoms with van der Waals surface area (Å²) in [6.07, 6.45) is 3.07. The van der Waals surface area contributed by atoms with Crippen molar-refractivity contribution in [1.29, 1.82) is 0 Å². The van der Waals surface area contributed by atoms with E-state index in [1.54, 1.807) is 19.2 Å². The number of aromatic amines is 1. The Labute approximate surface area is 163 Å². The largest absolute Gasteiger partial charge is 0.497 e. The molecular formula is C22H25FN2O3. The molecule has 1 atom stereocenters. The molecule has 4 rings (SSSR count). The number of rotatable bonds is 6. The molecule has 1 aliphatic heterocycles. The van der Waals surface area contributed by atoms with Crippen LogP contribution in [-0.2, 0) is 0 Å². The Morgan fingerprint density at radius 2 is 2.00 bits per heavy atom. The van der Waals surface area contributed by atoms with Gasteiger partial charge in [-0.15, -0.1) is 0 Å². The molecule has 1 saturated heterocycles. The first kappa shape index (κ1) is 18.8. The first-order valence-electron chi connectivity index (χ1n) is 9.60. The summed E-state index contributed by atoms with van der Waals surface area (Å²) in [5, 5.41) is 11.8. The summed E-state index contributed by atoms with van der Waals surface area (Å²) in [6, 6.07) is 12.1. The highest BCUT2D eigenvalue weighted by atomic mass is 19.1. The summed E-state index contributed by atoms with van der Waals surface area (Å²) < 4.78 is 24.5. The predicted molar refractivity (Wildman–Crippen MR) is 106 cm³/mol. The van der Waals surface area contributed by atoms with Crippen molar-refractivity contribution in [3.63, 3.8) is 0 Å². The van der Waals surface area contributed by atoms with Crippen LogP contribution in [0.5, 0.6) is 11.5 Å². The molecule has 1 aromatic heterocycles. The van der Waals surface area contributed by atoms with E-state index < -0.39 is 6.10 Å². The van der Waals surface area contributed by atoms with Crippen molar-refractivity contribution in [2.24, 2.45) is 0 Å². The highest BCUT2D eigenvalue weighted by molar-refractivity contribution is 5.85. The van der Waals surface area contributed by atoms with Gasteiger partial charge in [0.15, 0.2) is 0 Å². The van der Waals surface area contributed by atoms with Crippen molar-refractivity contribution in [3.8, 4) is 11.5 Å². The molecule has 0 spiro atoms. The van der Waals surface area contributed by atoms with Crippen LogP contribution in [0.2, 0.25) is 0 Å². The van der Waals surface area contributed by atoms with E-state index in [1.807, 2.05) is 24.4 Å². The Hall–Kier alpha value is -2.57. The third kappa shape index (κ3) is 4.13. The monoisotopic (exact) mass is 384 g/mol. The smallest absolute Gasteiger partial charge is 0.126 e. The summed E-state index contributed by atoms with van der Waals surface area (Å²) >= 11 is 0. The van der Waals surface area contributed by atoms with E-state index in [0.717, 1.165) is 48.1 Å². The molecule has 1 unspecified atom stereocenters. The van der Waals surface area contributed by atoms with E-state index in [2.05, 4.69) is 9.88 Å². The molecule has 2 heterocycles. The number of fused-ring (bicyclic) bond motifs is 1. The number of methoxy groups -OCH3 is 1. The molecule has 1 fully saturated rings. The van der Waals surface area contributed by atoms with E-state index in [9.17, 15) is 9.50 Å². The second-order valence-electron chi connectivity index (χ2n) is 7.25. The second kappa shape index (κ2) is 8.20. The Kier molecular flexibility index (Phi) is 5.50. The number of hydrogen-bond donors (Lipinski definition) is 2. The number of nitrogens with zero attached hydrogens (tertiary/aromatic N) is 1. The van der Waals surface area contributed by atoms with Crippen LogP contribution in [0.1, 0.15) is 24.5 Å². The van der Waals surface area contributed by atoms with Crippen molar-refractivity contribution in [2.75, 3.05) is 26.7 Å². The highest BCUT2D eigenvalue weighted by Crippen LogP contribution is 2.29. The quantitative estimate of drug-likeness (QED) is 0.677. The maximum absolute atomic E-state index is 13.3. The lowest BCUT2D eigenvalue weighted by atomic mass is 10.0. The third-order valence-electron chi connectivity index (χ3n) is 5.34. The normalized spacial score (nSPS) is 17.0. The van der Waals surface area contributed by atoms with Crippen molar-refractivity contribution < 1.29 is 19.0 Å². The van der Waals surface area contributed by atoms with Gasteiger partial charge in [0.05, 0.1) is 13.2 Å². The van der Waals surface area contributed by atoms with Gasteiger partial charge in [-0.1, -0.05) is 6.07 Å². The minimum atomic E-state index is -0.582. The van der Waals surface area contributed by atoms with Crippen LogP contribution in [-0.4, -0.2) is 47.8 Å². The Bertz CT molecular complexity index is 934. The number of aliphatic hydroxyl groups excluding tert-OH is 1. The number of aliphatic hydroxyl groups is 1. The van der Waals surface area contributed by atoms with Crippen LogP contribution < -0.4 is 9.47 Å². The molecule has 2 N–H and O–H groups in total. The van der Waals surface area contributed by atoms with Gasteiger partial charge in [-0.3, -0.25) is 0 Å². The Morgan fingerprint density at radius 1 is 1.18 bits per heavy atom. The molecule has 5 nitrogen and oxygen atoms in total. The molecular weight excluding hydrogens is 359 g/mol. The number of aromatic nitrogens is 1. The lowest BCUT2D eigenvalue weighted by Gasteiger charge is -2.33. The zero-order valence-electron chi connectivity index (χ0n) is 15.9. The number of hydrogen-bond acceptors (Lipinski definition) is 4. The van der Waals surface area contributed by atoms with E-state index in [4.69, 9.17) is 9.47 Å². The summed E-state index contributed by atoms with van der Waals surface area (Å²) in [4.78, 5) is 5.46. The van der Waals surface area contributed by atoms with Gasteiger partial charge in [0.2, 0.25) is 0 Å². The summed E-state index contributed by atoms with van der Waals surface area (Å²) in [7, 11) is 1.64. The van der Waals surface area contributed by atoms with Crippen LogP contribution in [0.25, 0.3) is 10.9 Å². The number of ether oxygens (including phenoxy) is 2. The van der Waals surface area contributed by atoms with Gasteiger partial charge in [-0.2, -0.15) is 0 Å². The van der Waals surface area contributed by atoms with Crippen LogP contribution in [0.15, 0.2) is 48.7 Å². The fraction of sp³-hybridized carbons (Fsp3) is 0.364. The maximum atomic E-state index is 13.3. The Balaban J connectivity index is 1.34. The summed E-state index contributed by atoms with van der Waals surface area (Å²) in [6.45, 7) is 2.24. The van der Waals surface area contributed by atoms with Gasteiger partial charge in [0.1, 0.15) is 23.4 Å². The number of nitrogens with one attached hydrogen (secondary N) is 1. The molecule has 3 aromatic rings. The molecule has 148 valence electrons. The molecule has 0 amide bonds. The van der Waals surface area contributed by atoms with Gasteiger partial charge in [0, 0.05) is 48.4 Å². The highest BCUT2D eigenvalue weighted by Gasteiger charge is 2.24. The van der Waals surface area contributed by atoms with Crippen LogP contribution in [0, 0.1) is 5.82 Å². The SMILES string of the molecule is COc1ccc2[nH]cc(C(O)CN3CCC(Oc4cccc(F)c4)CC3)c2c1. The number of β-amino-alcohol motifs (C(OH)–C–C–N with tert-alkyl or cyclic N) is 1. The first-order valence-corrected chi connectivity index (χ1v) is 9.60. The van der Waals surface area contributed by atoms with Crippen molar-refractivity contribution in [1.82, 2.24) is 9.88 Å². The van der Waals surface area contributed by atoms with Crippen LogP contribution in [0.4, 0.5) is 4.39 Å². The second-order valence-corrected chi connectivity index (χ2v) is 7.25. The van der Waals surface area contributed by atoms with E-state index in [0.29, 0.717) is 12.3 Å². The third-order valence-corrected chi connectivity index (χ3v) is 5.34. The minimum absolute atomic E-state index is 0.0764. The fourth-order valence-electron chi connectivity index (χ4n) is 3.81. The molecule has 0 saturated carbocycles. The lowest BCUT2D eigenvalue weighted by Crippen LogP contribution is -2.40.